The lowest BCUT2D eigenvalue weighted by Gasteiger charge is -2.33. The lowest BCUT2D eigenvalue weighted by molar-refractivity contribution is 0.0745. The number of rotatable bonds is 3. The molecule has 1 aliphatic rings. The van der Waals surface area contributed by atoms with Crippen molar-refractivity contribution in [1.29, 1.82) is 0 Å². The Morgan fingerprint density at radius 1 is 1.30 bits per heavy atom. The number of hydrogen-bond acceptors (Lipinski definition) is 5. The Hall–Kier alpha value is -1.60. The van der Waals surface area contributed by atoms with Crippen molar-refractivity contribution in [3.05, 3.63) is 39.1 Å². The number of anilines is 1. The summed E-state index contributed by atoms with van der Waals surface area (Å²) in [6.07, 6.45) is 0.719. The number of hydrogen-bond donors (Lipinski definition) is 0. The number of aromatic nitrogens is 2. The van der Waals surface area contributed by atoms with Gasteiger partial charge in [-0.1, -0.05) is 23.6 Å². The Labute approximate surface area is 147 Å². The Balaban J connectivity index is 1.63. The third-order valence-electron chi connectivity index (χ3n) is 3.76. The third kappa shape index (κ3) is 3.50. The summed E-state index contributed by atoms with van der Waals surface area (Å²) in [6.45, 7) is 4.54. The summed E-state index contributed by atoms with van der Waals surface area (Å²) < 4.78 is 6.28. The molecule has 2 aromatic rings. The summed E-state index contributed by atoms with van der Waals surface area (Å²) in [6, 6.07) is 5.75. The Bertz CT molecular complexity index is 713. The van der Waals surface area contributed by atoms with E-state index in [-0.39, 0.29) is 5.91 Å². The lowest BCUT2D eigenvalue weighted by Crippen LogP contribution is -2.49. The Morgan fingerprint density at radius 2 is 2.04 bits per heavy atom. The second kappa shape index (κ2) is 6.88. The molecule has 0 N–H and O–H groups in total. The zero-order valence-corrected chi connectivity index (χ0v) is 15.0. The van der Waals surface area contributed by atoms with Gasteiger partial charge in [0.2, 0.25) is 5.89 Å². The van der Waals surface area contributed by atoms with Crippen molar-refractivity contribution >= 4 is 39.5 Å². The molecule has 2 heterocycles. The topological polar surface area (TPSA) is 62.5 Å². The van der Waals surface area contributed by atoms with Crippen LogP contribution in [-0.4, -0.2) is 47.2 Å². The van der Waals surface area contributed by atoms with Crippen LogP contribution in [0.3, 0.4) is 0 Å². The summed E-state index contributed by atoms with van der Waals surface area (Å²) in [5, 5.41) is 8.61. The van der Waals surface area contributed by atoms with E-state index < -0.39 is 0 Å². The molecule has 1 aromatic heterocycles. The molecule has 122 valence electrons. The van der Waals surface area contributed by atoms with Crippen LogP contribution in [0, 0.1) is 0 Å². The predicted molar refractivity (Wildman–Crippen MR) is 90.9 cm³/mol. The number of carbonyl (C=O) groups is 1. The first-order valence-electron chi connectivity index (χ1n) is 7.40. The van der Waals surface area contributed by atoms with Crippen LogP contribution in [0.25, 0.3) is 0 Å². The van der Waals surface area contributed by atoms with Gasteiger partial charge >= 0.3 is 6.01 Å². The second-order valence-corrected chi connectivity index (χ2v) is 6.50. The minimum absolute atomic E-state index is 0.00166. The van der Waals surface area contributed by atoms with Crippen molar-refractivity contribution in [2.75, 3.05) is 31.1 Å². The first-order chi connectivity index (χ1) is 11.1. The highest BCUT2D eigenvalue weighted by molar-refractivity contribution is 9.10. The summed E-state index contributed by atoms with van der Waals surface area (Å²) in [5.41, 5.74) is 0.626. The predicted octanol–water partition coefficient (Wildman–Crippen LogP) is 3.01. The molecule has 23 heavy (non-hydrogen) atoms. The van der Waals surface area contributed by atoms with E-state index in [2.05, 4.69) is 26.1 Å². The minimum atomic E-state index is 0.00166. The zero-order chi connectivity index (χ0) is 16.4. The Kier molecular flexibility index (Phi) is 4.87. The van der Waals surface area contributed by atoms with Crippen molar-refractivity contribution in [3.63, 3.8) is 0 Å². The lowest BCUT2D eigenvalue weighted by atomic mass is 10.2. The van der Waals surface area contributed by atoms with E-state index in [4.69, 9.17) is 16.0 Å². The number of carbonyl (C=O) groups excluding carboxylic acids is 1. The van der Waals surface area contributed by atoms with E-state index in [1.54, 1.807) is 18.2 Å². The van der Waals surface area contributed by atoms with Crippen LogP contribution in [0.2, 0.25) is 5.02 Å². The fraction of sp³-hybridized carbons (Fsp3) is 0.400. The van der Waals surface area contributed by atoms with E-state index in [0.29, 0.717) is 48.7 Å². The van der Waals surface area contributed by atoms with Crippen molar-refractivity contribution in [3.8, 4) is 0 Å². The molecule has 6 nitrogen and oxygen atoms in total. The summed E-state index contributed by atoms with van der Waals surface area (Å²) in [5.74, 6) is 0.631. The minimum Gasteiger partial charge on any atom is -0.408 e. The number of aryl methyl sites for hydroxylation is 1. The van der Waals surface area contributed by atoms with Crippen molar-refractivity contribution in [2.45, 2.75) is 13.3 Å². The van der Waals surface area contributed by atoms with Gasteiger partial charge in [0, 0.05) is 42.6 Å². The normalized spacial score (nSPS) is 15.1. The van der Waals surface area contributed by atoms with E-state index in [9.17, 15) is 4.79 Å². The molecule has 8 heteroatoms. The molecule has 0 atom stereocenters. The summed E-state index contributed by atoms with van der Waals surface area (Å²) in [7, 11) is 0. The maximum atomic E-state index is 12.5. The van der Waals surface area contributed by atoms with Crippen molar-refractivity contribution in [2.24, 2.45) is 0 Å². The smallest absolute Gasteiger partial charge is 0.318 e. The average Bonchev–Trinajstić information content (AvgIpc) is 3.06. The van der Waals surface area contributed by atoms with Crippen LogP contribution in [0.4, 0.5) is 6.01 Å². The molecule has 0 radical (unpaired) electrons. The largest absolute Gasteiger partial charge is 0.408 e. The quantitative estimate of drug-likeness (QED) is 0.794. The van der Waals surface area contributed by atoms with Crippen LogP contribution >= 0.6 is 27.5 Å². The van der Waals surface area contributed by atoms with Gasteiger partial charge < -0.3 is 14.2 Å². The van der Waals surface area contributed by atoms with Gasteiger partial charge in [-0.2, -0.15) is 0 Å². The number of amides is 1. The highest BCUT2D eigenvalue weighted by atomic mass is 79.9. The monoisotopic (exact) mass is 398 g/mol. The molecule has 0 bridgehead atoms. The second-order valence-electron chi connectivity index (χ2n) is 5.24. The number of nitrogens with zero attached hydrogens (tertiary/aromatic N) is 4. The third-order valence-corrected chi connectivity index (χ3v) is 4.98. The molecule has 0 spiro atoms. The fourth-order valence-corrected chi connectivity index (χ4v) is 2.92. The summed E-state index contributed by atoms with van der Waals surface area (Å²) in [4.78, 5) is 16.4. The van der Waals surface area contributed by atoms with Gasteiger partial charge in [-0.05, 0) is 34.1 Å². The molecule has 1 aliphatic heterocycles. The van der Waals surface area contributed by atoms with E-state index in [1.807, 2.05) is 16.7 Å². The van der Waals surface area contributed by atoms with Crippen molar-refractivity contribution < 1.29 is 9.21 Å². The van der Waals surface area contributed by atoms with Gasteiger partial charge in [0.05, 0.1) is 5.02 Å². The van der Waals surface area contributed by atoms with Crippen LogP contribution in [0.1, 0.15) is 23.2 Å². The molecule has 1 saturated heterocycles. The van der Waals surface area contributed by atoms with Gasteiger partial charge in [0.1, 0.15) is 0 Å². The van der Waals surface area contributed by atoms with Gasteiger partial charge in [-0.3, -0.25) is 4.79 Å². The van der Waals surface area contributed by atoms with Gasteiger partial charge in [0.15, 0.2) is 0 Å². The maximum Gasteiger partial charge on any atom is 0.318 e. The number of piperazine rings is 1. The number of halogens is 2. The zero-order valence-electron chi connectivity index (χ0n) is 12.6. The molecule has 1 amide bonds. The molecule has 3 rings (SSSR count). The van der Waals surface area contributed by atoms with Crippen LogP contribution in [0.15, 0.2) is 27.1 Å². The summed E-state index contributed by atoms with van der Waals surface area (Å²) >= 11 is 9.32. The highest BCUT2D eigenvalue weighted by Gasteiger charge is 2.25. The Morgan fingerprint density at radius 3 is 2.65 bits per heavy atom. The first-order valence-corrected chi connectivity index (χ1v) is 8.57. The van der Waals surface area contributed by atoms with E-state index in [0.717, 1.165) is 10.9 Å². The fourth-order valence-electron chi connectivity index (χ4n) is 2.43. The molecular formula is C15H16BrClN4O2. The van der Waals surface area contributed by atoms with Crippen LogP contribution in [0.5, 0.6) is 0 Å². The average molecular weight is 400 g/mol. The van der Waals surface area contributed by atoms with Gasteiger partial charge in [-0.25, -0.2) is 0 Å². The molecule has 1 fully saturated rings. The van der Waals surface area contributed by atoms with E-state index >= 15 is 0 Å². The van der Waals surface area contributed by atoms with Gasteiger partial charge in [-0.15, -0.1) is 5.10 Å². The van der Waals surface area contributed by atoms with Crippen LogP contribution < -0.4 is 4.90 Å². The van der Waals surface area contributed by atoms with Gasteiger partial charge in [0.25, 0.3) is 5.91 Å². The molecule has 0 unspecified atom stereocenters. The van der Waals surface area contributed by atoms with Crippen molar-refractivity contribution in [1.82, 2.24) is 15.1 Å². The standard InChI is InChI=1S/C15H16BrClN4O2/c1-2-13-18-19-15(23-13)21-7-5-20(6-8-21)14(22)10-3-4-12(17)11(16)9-10/h3-4,9H,2,5-8H2,1H3. The number of benzene rings is 1. The SMILES string of the molecule is CCc1nnc(N2CCN(C(=O)c3ccc(Cl)c(Br)c3)CC2)o1. The first kappa shape index (κ1) is 16.3. The molecule has 0 aliphatic carbocycles. The van der Waals surface area contributed by atoms with Crippen LogP contribution in [-0.2, 0) is 6.42 Å². The molecule has 1 aromatic carbocycles. The molecule has 0 saturated carbocycles. The van der Waals surface area contributed by atoms with E-state index in [1.165, 1.54) is 0 Å². The highest BCUT2D eigenvalue weighted by Crippen LogP contribution is 2.24. The maximum absolute atomic E-state index is 12.5. The molecular weight excluding hydrogens is 384 g/mol.